The standard InChI is InChI=1S/C25H21ClFN3O3/c26-20-13-18(10-11-21(20)27)29-24(31)23(12-17-14-28-22-9-5-4-8-19(17)22)30-25(32)33-15-16-6-2-1-3-7-16/h1-11,13-14,23,28H,12,15H2,(H,29,31)(H,30,32). The molecule has 0 bridgehead atoms. The zero-order chi connectivity index (χ0) is 23.2. The van der Waals surface area contributed by atoms with E-state index in [0.29, 0.717) is 5.69 Å². The van der Waals surface area contributed by atoms with Crippen molar-refractivity contribution in [2.45, 2.75) is 19.1 Å². The van der Waals surface area contributed by atoms with Gasteiger partial charge in [-0.15, -0.1) is 0 Å². The van der Waals surface area contributed by atoms with Crippen LogP contribution in [0.2, 0.25) is 5.02 Å². The minimum absolute atomic E-state index is 0.0711. The third-order valence-corrected chi connectivity index (χ3v) is 5.40. The summed E-state index contributed by atoms with van der Waals surface area (Å²) in [6, 6.07) is 19.8. The number of alkyl carbamates (subject to hydrolysis) is 1. The molecule has 6 nitrogen and oxygen atoms in total. The zero-order valence-electron chi connectivity index (χ0n) is 17.5. The molecule has 33 heavy (non-hydrogen) atoms. The maximum atomic E-state index is 13.5. The number of amides is 2. The van der Waals surface area contributed by atoms with Gasteiger partial charge < -0.3 is 20.4 Å². The fraction of sp³-hybridized carbons (Fsp3) is 0.120. The number of aromatic amines is 1. The molecule has 1 unspecified atom stereocenters. The highest BCUT2D eigenvalue weighted by Crippen LogP contribution is 2.22. The summed E-state index contributed by atoms with van der Waals surface area (Å²) in [6.45, 7) is 0.0711. The molecule has 0 aliphatic carbocycles. The van der Waals surface area contributed by atoms with Crippen molar-refractivity contribution in [2.75, 3.05) is 5.32 Å². The number of carbonyl (C=O) groups is 2. The summed E-state index contributed by atoms with van der Waals surface area (Å²) < 4.78 is 18.8. The van der Waals surface area contributed by atoms with Crippen LogP contribution in [0.3, 0.4) is 0 Å². The van der Waals surface area contributed by atoms with Crippen LogP contribution in [0, 0.1) is 5.82 Å². The molecule has 0 aliphatic heterocycles. The molecule has 4 aromatic rings. The number of benzene rings is 3. The van der Waals surface area contributed by atoms with Crippen LogP contribution in [0.5, 0.6) is 0 Å². The SMILES string of the molecule is O=C(NC(Cc1c[nH]c2ccccc12)C(=O)Nc1ccc(F)c(Cl)c1)OCc1ccccc1. The number of H-pyrrole nitrogens is 1. The van der Waals surface area contributed by atoms with Crippen LogP contribution in [-0.2, 0) is 22.6 Å². The number of carbonyl (C=O) groups excluding carboxylic acids is 2. The van der Waals surface area contributed by atoms with E-state index in [2.05, 4.69) is 15.6 Å². The van der Waals surface area contributed by atoms with Gasteiger partial charge in [-0.3, -0.25) is 4.79 Å². The molecule has 3 aromatic carbocycles. The number of halogens is 2. The van der Waals surface area contributed by atoms with Crippen LogP contribution >= 0.6 is 11.6 Å². The summed E-state index contributed by atoms with van der Waals surface area (Å²) in [4.78, 5) is 28.7. The van der Waals surface area contributed by atoms with Crippen molar-refractivity contribution in [3.63, 3.8) is 0 Å². The van der Waals surface area contributed by atoms with Gasteiger partial charge in [0, 0.05) is 29.2 Å². The topological polar surface area (TPSA) is 83.2 Å². The van der Waals surface area contributed by atoms with E-state index in [0.717, 1.165) is 28.1 Å². The second-order valence-corrected chi connectivity index (χ2v) is 7.85. The van der Waals surface area contributed by atoms with Gasteiger partial charge in [0.2, 0.25) is 5.91 Å². The summed E-state index contributed by atoms with van der Waals surface area (Å²) in [5.74, 6) is -1.08. The third kappa shape index (κ3) is 5.70. The minimum atomic E-state index is -0.948. The Kier molecular flexibility index (Phi) is 6.90. The monoisotopic (exact) mass is 465 g/mol. The van der Waals surface area contributed by atoms with Gasteiger partial charge in [-0.25, -0.2) is 9.18 Å². The molecule has 1 aromatic heterocycles. The molecule has 168 valence electrons. The lowest BCUT2D eigenvalue weighted by Gasteiger charge is -2.18. The van der Waals surface area contributed by atoms with Gasteiger partial charge in [0.25, 0.3) is 0 Å². The van der Waals surface area contributed by atoms with Gasteiger partial charge in [0.1, 0.15) is 18.5 Å². The van der Waals surface area contributed by atoms with Crippen molar-refractivity contribution in [3.8, 4) is 0 Å². The molecule has 3 N–H and O–H groups in total. The second kappa shape index (κ2) is 10.2. The van der Waals surface area contributed by atoms with Crippen LogP contribution in [0.1, 0.15) is 11.1 Å². The molecule has 1 atom stereocenters. The number of rotatable bonds is 7. The third-order valence-electron chi connectivity index (χ3n) is 5.11. The fourth-order valence-electron chi connectivity index (χ4n) is 3.44. The maximum absolute atomic E-state index is 13.5. The lowest BCUT2D eigenvalue weighted by atomic mass is 10.0. The van der Waals surface area contributed by atoms with Crippen molar-refractivity contribution < 1.29 is 18.7 Å². The first-order valence-corrected chi connectivity index (χ1v) is 10.7. The highest BCUT2D eigenvalue weighted by Gasteiger charge is 2.24. The number of para-hydroxylation sites is 1. The van der Waals surface area contributed by atoms with E-state index in [1.54, 1.807) is 6.20 Å². The van der Waals surface area contributed by atoms with Gasteiger partial charge in [0.15, 0.2) is 0 Å². The fourth-order valence-corrected chi connectivity index (χ4v) is 3.62. The molecule has 0 fully saturated rings. The van der Waals surface area contributed by atoms with E-state index in [-0.39, 0.29) is 18.1 Å². The highest BCUT2D eigenvalue weighted by atomic mass is 35.5. The van der Waals surface area contributed by atoms with E-state index in [1.165, 1.54) is 12.1 Å². The number of aromatic nitrogens is 1. The molecule has 4 rings (SSSR count). The molecule has 2 amide bonds. The Morgan fingerprint density at radius 3 is 2.58 bits per heavy atom. The first kappa shape index (κ1) is 22.4. The van der Waals surface area contributed by atoms with Gasteiger partial charge in [0.05, 0.1) is 5.02 Å². The highest BCUT2D eigenvalue weighted by molar-refractivity contribution is 6.31. The van der Waals surface area contributed by atoms with Crippen LogP contribution in [0.15, 0.2) is 79.0 Å². The number of fused-ring (bicyclic) bond motifs is 1. The number of hydrogen-bond donors (Lipinski definition) is 3. The zero-order valence-corrected chi connectivity index (χ0v) is 18.2. The Morgan fingerprint density at radius 2 is 1.79 bits per heavy atom. The van der Waals surface area contributed by atoms with Crippen molar-refractivity contribution in [2.24, 2.45) is 0 Å². The Hall–Kier alpha value is -3.84. The van der Waals surface area contributed by atoms with Crippen molar-refractivity contribution in [3.05, 3.63) is 101 Å². The predicted molar refractivity (Wildman–Crippen MR) is 126 cm³/mol. The molecule has 0 saturated heterocycles. The molecule has 0 saturated carbocycles. The Balaban J connectivity index is 1.50. The summed E-state index contributed by atoms with van der Waals surface area (Å²) >= 11 is 5.82. The van der Waals surface area contributed by atoms with Gasteiger partial charge >= 0.3 is 6.09 Å². The molecular formula is C25H21ClFN3O3. The van der Waals surface area contributed by atoms with Crippen molar-refractivity contribution >= 4 is 40.2 Å². The smallest absolute Gasteiger partial charge is 0.408 e. The summed E-state index contributed by atoms with van der Waals surface area (Å²) in [6.07, 6.45) is 1.29. The molecule has 0 aliphatic rings. The first-order valence-electron chi connectivity index (χ1n) is 10.3. The summed E-state index contributed by atoms with van der Waals surface area (Å²) in [5.41, 5.74) is 2.91. The minimum Gasteiger partial charge on any atom is -0.445 e. The van der Waals surface area contributed by atoms with Gasteiger partial charge in [-0.2, -0.15) is 0 Å². The predicted octanol–water partition coefficient (Wildman–Crippen LogP) is 5.44. The number of hydrogen-bond acceptors (Lipinski definition) is 3. The van der Waals surface area contributed by atoms with E-state index in [4.69, 9.17) is 16.3 Å². The second-order valence-electron chi connectivity index (χ2n) is 7.44. The summed E-state index contributed by atoms with van der Waals surface area (Å²) in [5, 5.41) is 6.15. The van der Waals surface area contributed by atoms with E-state index < -0.39 is 23.9 Å². The van der Waals surface area contributed by atoms with E-state index in [9.17, 15) is 14.0 Å². The van der Waals surface area contributed by atoms with E-state index in [1.807, 2.05) is 54.6 Å². The Morgan fingerprint density at radius 1 is 1.03 bits per heavy atom. The molecule has 1 heterocycles. The van der Waals surface area contributed by atoms with Gasteiger partial charge in [-0.05, 0) is 35.4 Å². The maximum Gasteiger partial charge on any atom is 0.408 e. The normalized spacial score (nSPS) is 11.7. The molecule has 0 radical (unpaired) electrons. The lowest BCUT2D eigenvalue weighted by molar-refractivity contribution is -0.118. The van der Waals surface area contributed by atoms with Crippen LogP contribution < -0.4 is 10.6 Å². The van der Waals surface area contributed by atoms with E-state index >= 15 is 0 Å². The average molecular weight is 466 g/mol. The Bertz CT molecular complexity index is 1280. The molecule has 8 heteroatoms. The Labute approximate surface area is 194 Å². The van der Waals surface area contributed by atoms with Crippen LogP contribution in [-0.4, -0.2) is 23.0 Å². The first-order chi connectivity index (χ1) is 16.0. The van der Waals surface area contributed by atoms with Crippen LogP contribution in [0.25, 0.3) is 10.9 Å². The molecule has 0 spiro atoms. The number of ether oxygens (including phenoxy) is 1. The average Bonchev–Trinajstić information content (AvgIpc) is 3.23. The van der Waals surface area contributed by atoms with Crippen molar-refractivity contribution in [1.82, 2.24) is 10.3 Å². The van der Waals surface area contributed by atoms with Crippen molar-refractivity contribution in [1.29, 1.82) is 0 Å². The quantitative estimate of drug-likeness (QED) is 0.340. The lowest BCUT2D eigenvalue weighted by Crippen LogP contribution is -2.45. The number of nitrogens with one attached hydrogen (secondary N) is 3. The number of anilines is 1. The van der Waals surface area contributed by atoms with Crippen LogP contribution in [0.4, 0.5) is 14.9 Å². The largest absolute Gasteiger partial charge is 0.445 e. The van der Waals surface area contributed by atoms with Gasteiger partial charge in [-0.1, -0.05) is 60.1 Å². The molecular weight excluding hydrogens is 445 g/mol. The summed E-state index contributed by atoms with van der Waals surface area (Å²) in [7, 11) is 0.